The van der Waals surface area contributed by atoms with E-state index in [1.807, 2.05) is 30.5 Å². The number of pyridine rings is 3. The molecule has 172 valence electrons. The average molecular weight is 474 g/mol. The highest BCUT2D eigenvalue weighted by Gasteiger charge is 2.15. The Labute approximate surface area is 201 Å². The number of rotatable bonds is 6. The number of ether oxygens (including phenoxy) is 1. The molecule has 0 atom stereocenters. The van der Waals surface area contributed by atoms with Crippen LogP contribution in [0.3, 0.4) is 0 Å². The molecule has 0 amide bonds. The largest absolute Gasteiger partial charge is 0.462 e. The summed E-state index contributed by atoms with van der Waals surface area (Å²) in [4.78, 5) is 45.0. The molecule has 0 bridgehead atoms. The first kappa shape index (κ1) is 24.6. The van der Waals surface area contributed by atoms with E-state index in [2.05, 4.69) is 35.9 Å². The van der Waals surface area contributed by atoms with E-state index in [1.54, 1.807) is 36.6 Å². The molecule has 0 aliphatic carbocycles. The van der Waals surface area contributed by atoms with Gasteiger partial charge >= 0.3 is 12.1 Å². The van der Waals surface area contributed by atoms with Crippen LogP contribution in [0, 0.1) is 6.92 Å². The lowest BCUT2D eigenvalue weighted by molar-refractivity contribution is -0.191. The van der Waals surface area contributed by atoms with E-state index in [1.165, 1.54) is 9.75 Å². The standard InChI is InChI=1S/C25H23N3O2S.CO2/c1-4-17-10-11-26-21(12-17)23-14-19(25(29)30-5-2)13-22(28-23)20-8-7-18(15-27-20)24-9-6-16(3)31-24;2-1-3/h6-15H,4-5H2,1-3H3;. The Bertz CT molecular complexity index is 1310. The molecule has 7 nitrogen and oxygen atoms in total. The lowest BCUT2D eigenvalue weighted by Crippen LogP contribution is -2.06. The molecule has 0 aromatic carbocycles. The van der Waals surface area contributed by atoms with Crippen molar-refractivity contribution in [3.8, 4) is 33.2 Å². The van der Waals surface area contributed by atoms with Gasteiger partial charge < -0.3 is 4.74 Å². The Hall–Kier alpha value is -4.00. The van der Waals surface area contributed by atoms with E-state index in [-0.39, 0.29) is 12.1 Å². The summed E-state index contributed by atoms with van der Waals surface area (Å²) in [6.45, 7) is 6.28. The number of carbonyl (C=O) groups is 1. The maximum Gasteiger partial charge on any atom is 0.373 e. The highest BCUT2D eigenvalue weighted by molar-refractivity contribution is 7.15. The number of carbonyl (C=O) groups excluding carboxylic acids is 3. The molecule has 4 rings (SSSR count). The van der Waals surface area contributed by atoms with Gasteiger partial charge in [0.2, 0.25) is 0 Å². The van der Waals surface area contributed by atoms with Crippen molar-refractivity contribution in [2.24, 2.45) is 0 Å². The van der Waals surface area contributed by atoms with Crippen LogP contribution in [0.25, 0.3) is 33.2 Å². The number of thiophene rings is 1. The summed E-state index contributed by atoms with van der Waals surface area (Å²) in [5.74, 6) is -0.385. The topological polar surface area (TPSA) is 99.1 Å². The van der Waals surface area contributed by atoms with Crippen LogP contribution in [-0.4, -0.2) is 33.7 Å². The van der Waals surface area contributed by atoms with Crippen LogP contribution in [0.5, 0.6) is 0 Å². The van der Waals surface area contributed by atoms with E-state index in [4.69, 9.17) is 19.3 Å². The van der Waals surface area contributed by atoms with Crippen LogP contribution in [0.15, 0.2) is 60.9 Å². The molecule has 0 spiro atoms. The van der Waals surface area contributed by atoms with Gasteiger partial charge in [-0.05, 0) is 74.4 Å². The Morgan fingerprint density at radius 3 is 2.26 bits per heavy atom. The molecule has 8 heteroatoms. The normalized spacial score (nSPS) is 10.1. The minimum atomic E-state index is -0.385. The summed E-state index contributed by atoms with van der Waals surface area (Å²) in [5, 5.41) is 0. The van der Waals surface area contributed by atoms with Crippen LogP contribution >= 0.6 is 11.3 Å². The first-order valence-corrected chi connectivity index (χ1v) is 11.5. The zero-order chi connectivity index (χ0) is 24.5. The fourth-order valence-corrected chi connectivity index (χ4v) is 4.10. The van der Waals surface area contributed by atoms with Crippen molar-refractivity contribution in [1.29, 1.82) is 0 Å². The van der Waals surface area contributed by atoms with Gasteiger partial charge in [-0.1, -0.05) is 6.92 Å². The van der Waals surface area contributed by atoms with Crippen LogP contribution in [0.2, 0.25) is 0 Å². The SMILES string of the molecule is CCOC(=O)c1cc(-c2ccc(-c3ccc(C)s3)cn2)nc(-c2cc(CC)ccn2)c1.O=C=O. The van der Waals surface area contributed by atoms with E-state index in [0.717, 1.165) is 23.2 Å². The zero-order valence-electron chi connectivity index (χ0n) is 19.1. The molecule has 4 heterocycles. The third-order valence-electron chi connectivity index (χ3n) is 4.88. The zero-order valence-corrected chi connectivity index (χ0v) is 19.9. The van der Waals surface area contributed by atoms with Crippen LogP contribution in [0.4, 0.5) is 0 Å². The number of aryl methyl sites for hydroxylation is 2. The van der Waals surface area contributed by atoms with Gasteiger partial charge in [0.25, 0.3) is 0 Å². The molecule has 0 aliphatic heterocycles. The van der Waals surface area contributed by atoms with Crippen molar-refractivity contribution in [2.45, 2.75) is 27.2 Å². The molecule has 0 radical (unpaired) electrons. The fourth-order valence-electron chi connectivity index (χ4n) is 3.24. The van der Waals surface area contributed by atoms with Gasteiger partial charge in [-0.15, -0.1) is 11.3 Å². The van der Waals surface area contributed by atoms with Gasteiger partial charge in [-0.2, -0.15) is 9.59 Å². The van der Waals surface area contributed by atoms with Gasteiger partial charge in [-0.3, -0.25) is 9.97 Å². The smallest absolute Gasteiger partial charge is 0.373 e. The number of esters is 1. The summed E-state index contributed by atoms with van der Waals surface area (Å²) in [5.41, 5.74) is 5.29. The predicted molar refractivity (Wildman–Crippen MR) is 129 cm³/mol. The molecular formula is C26H23N3O4S. The van der Waals surface area contributed by atoms with Crippen molar-refractivity contribution in [3.63, 3.8) is 0 Å². The molecular weight excluding hydrogens is 450 g/mol. The molecule has 0 saturated carbocycles. The molecule has 0 fully saturated rings. The molecule has 4 aromatic rings. The lowest BCUT2D eigenvalue weighted by atomic mass is 10.1. The Morgan fingerprint density at radius 2 is 1.68 bits per heavy atom. The molecule has 0 unspecified atom stereocenters. The fraction of sp³-hybridized carbons (Fsp3) is 0.192. The molecule has 34 heavy (non-hydrogen) atoms. The maximum absolute atomic E-state index is 12.5. The summed E-state index contributed by atoms with van der Waals surface area (Å²) >= 11 is 1.73. The van der Waals surface area contributed by atoms with Crippen LogP contribution in [-0.2, 0) is 20.7 Å². The Morgan fingerprint density at radius 1 is 0.941 bits per heavy atom. The third-order valence-corrected chi connectivity index (χ3v) is 5.93. The first-order valence-electron chi connectivity index (χ1n) is 10.7. The van der Waals surface area contributed by atoms with Crippen molar-refractivity contribution in [3.05, 3.63) is 76.9 Å². The second-order valence-electron chi connectivity index (χ2n) is 7.18. The van der Waals surface area contributed by atoms with E-state index >= 15 is 0 Å². The third kappa shape index (κ3) is 6.07. The maximum atomic E-state index is 12.5. The summed E-state index contributed by atoms with van der Waals surface area (Å²) in [6, 6.07) is 15.6. The quantitative estimate of drug-likeness (QED) is 0.346. The summed E-state index contributed by atoms with van der Waals surface area (Å²) in [6.07, 6.45) is 4.75. The summed E-state index contributed by atoms with van der Waals surface area (Å²) in [7, 11) is 0. The lowest BCUT2D eigenvalue weighted by Gasteiger charge is -2.09. The van der Waals surface area contributed by atoms with E-state index in [0.29, 0.717) is 29.3 Å². The number of aromatic nitrogens is 3. The van der Waals surface area contributed by atoms with Gasteiger partial charge in [0, 0.05) is 27.7 Å². The van der Waals surface area contributed by atoms with E-state index in [9.17, 15) is 4.79 Å². The highest BCUT2D eigenvalue weighted by Crippen LogP contribution is 2.29. The minimum Gasteiger partial charge on any atom is -0.462 e. The monoisotopic (exact) mass is 473 g/mol. The first-order chi connectivity index (χ1) is 16.5. The molecule has 0 saturated heterocycles. The molecule has 0 N–H and O–H groups in total. The van der Waals surface area contributed by atoms with Crippen molar-refractivity contribution < 1.29 is 19.1 Å². The average Bonchev–Trinajstić information content (AvgIpc) is 3.31. The Balaban J connectivity index is 0.00000103. The van der Waals surface area contributed by atoms with E-state index < -0.39 is 0 Å². The van der Waals surface area contributed by atoms with Gasteiger partial charge in [-0.25, -0.2) is 9.78 Å². The number of hydrogen-bond acceptors (Lipinski definition) is 8. The van der Waals surface area contributed by atoms with Gasteiger partial charge in [0.1, 0.15) is 0 Å². The van der Waals surface area contributed by atoms with Crippen LogP contribution < -0.4 is 0 Å². The van der Waals surface area contributed by atoms with Crippen LogP contribution in [0.1, 0.15) is 34.6 Å². The second-order valence-corrected chi connectivity index (χ2v) is 8.46. The number of nitrogens with zero attached hydrogens (tertiary/aromatic N) is 3. The second kappa shape index (κ2) is 11.7. The highest BCUT2D eigenvalue weighted by atomic mass is 32.1. The minimum absolute atomic E-state index is 0.250. The van der Waals surface area contributed by atoms with Crippen molar-refractivity contribution in [2.75, 3.05) is 6.61 Å². The molecule has 4 aromatic heterocycles. The number of hydrogen-bond donors (Lipinski definition) is 0. The predicted octanol–water partition coefficient (Wildman–Crippen LogP) is 5.40. The molecule has 0 aliphatic rings. The van der Waals surface area contributed by atoms with Crippen molar-refractivity contribution >= 4 is 23.5 Å². The van der Waals surface area contributed by atoms with Gasteiger partial charge in [0.15, 0.2) is 0 Å². The summed E-state index contributed by atoms with van der Waals surface area (Å²) < 4.78 is 5.23. The van der Waals surface area contributed by atoms with Crippen molar-refractivity contribution in [1.82, 2.24) is 15.0 Å². The van der Waals surface area contributed by atoms with Gasteiger partial charge in [0.05, 0.1) is 34.9 Å². The Kier molecular flexibility index (Phi) is 8.51.